The summed E-state index contributed by atoms with van der Waals surface area (Å²) in [6, 6.07) is 7.24. The molecule has 0 saturated heterocycles. The van der Waals surface area contributed by atoms with Crippen LogP contribution in [0.5, 0.6) is 5.75 Å². The lowest BCUT2D eigenvalue weighted by atomic mass is 9.84. The van der Waals surface area contributed by atoms with E-state index in [9.17, 15) is 14.9 Å². The van der Waals surface area contributed by atoms with Crippen LogP contribution in [0, 0.1) is 16.0 Å². The van der Waals surface area contributed by atoms with Crippen LogP contribution in [0.2, 0.25) is 0 Å². The van der Waals surface area contributed by atoms with Gasteiger partial charge in [-0.05, 0) is 18.9 Å². The van der Waals surface area contributed by atoms with Crippen LogP contribution in [0.4, 0.5) is 0 Å². The molecule has 1 aliphatic carbocycles. The first-order chi connectivity index (χ1) is 9.13. The van der Waals surface area contributed by atoms with Crippen molar-refractivity contribution in [3.8, 4) is 5.75 Å². The zero-order chi connectivity index (χ0) is 13.8. The quantitative estimate of drug-likeness (QED) is 0.604. The Labute approximate surface area is 111 Å². The summed E-state index contributed by atoms with van der Waals surface area (Å²) in [4.78, 5) is 22.5. The van der Waals surface area contributed by atoms with Crippen LogP contribution >= 0.6 is 0 Å². The topological polar surface area (TPSA) is 69.4 Å². The molecule has 2 atom stereocenters. The third kappa shape index (κ3) is 2.92. The molecule has 1 aromatic carbocycles. The Bertz CT molecular complexity index is 486. The number of benzene rings is 1. The first-order valence-corrected chi connectivity index (χ1v) is 6.41. The van der Waals surface area contributed by atoms with Crippen molar-refractivity contribution in [1.29, 1.82) is 0 Å². The van der Waals surface area contributed by atoms with Crippen LogP contribution in [0.1, 0.15) is 30.7 Å². The normalized spacial score (nSPS) is 20.3. The molecule has 19 heavy (non-hydrogen) atoms. The van der Waals surface area contributed by atoms with E-state index in [1.165, 1.54) is 0 Å². The molecule has 1 aliphatic rings. The van der Waals surface area contributed by atoms with Gasteiger partial charge in [0.15, 0.2) is 0 Å². The lowest BCUT2D eigenvalue weighted by molar-refractivity contribution is -0.484. The molecule has 2 rings (SSSR count). The maximum absolute atomic E-state index is 11.9. The monoisotopic (exact) mass is 263 g/mol. The minimum atomic E-state index is -0.388. The number of methoxy groups -OCH3 is 1. The molecule has 0 aromatic heterocycles. The Hall–Kier alpha value is -1.91. The Morgan fingerprint density at radius 1 is 1.47 bits per heavy atom. The number of para-hydroxylation sites is 1. The number of carbonyl (C=O) groups is 1. The predicted octanol–water partition coefficient (Wildman–Crippen LogP) is 2.42. The van der Waals surface area contributed by atoms with Crippen LogP contribution < -0.4 is 4.74 Å². The van der Waals surface area contributed by atoms with Crippen molar-refractivity contribution < 1.29 is 14.5 Å². The number of nitrogens with zero attached hydrogens (tertiary/aromatic N) is 1. The molecular weight excluding hydrogens is 246 g/mol. The van der Waals surface area contributed by atoms with Gasteiger partial charge in [0.05, 0.1) is 13.0 Å². The van der Waals surface area contributed by atoms with Crippen molar-refractivity contribution in [2.24, 2.45) is 5.92 Å². The molecule has 0 spiro atoms. The summed E-state index contributed by atoms with van der Waals surface area (Å²) >= 11 is 0. The van der Waals surface area contributed by atoms with E-state index in [1.807, 2.05) is 18.2 Å². The van der Waals surface area contributed by atoms with Gasteiger partial charge in [0.25, 0.3) is 0 Å². The molecule has 0 N–H and O–H groups in total. The minimum Gasteiger partial charge on any atom is -0.496 e. The molecule has 5 nitrogen and oxygen atoms in total. The summed E-state index contributed by atoms with van der Waals surface area (Å²) in [7, 11) is 1.54. The van der Waals surface area contributed by atoms with E-state index in [4.69, 9.17) is 4.74 Å². The van der Waals surface area contributed by atoms with Crippen molar-refractivity contribution in [3.05, 3.63) is 39.9 Å². The van der Waals surface area contributed by atoms with Crippen molar-refractivity contribution in [2.75, 3.05) is 13.7 Å². The largest absolute Gasteiger partial charge is 0.496 e. The Kier molecular flexibility index (Phi) is 4.14. The zero-order valence-corrected chi connectivity index (χ0v) is 10.9. The van der Waals surface area contributed by atoms with Crippen molar-refractivity contribution >= 4 is 5.78 Å². The third-order valence-corrected chi connectivity index (χ3v) is 3.72. The number of carbonyl (C=O) groups excluding carboxylic acids is 1. The van der Waals surface area contributed by atoms with Gasteiger partial charge < -0.3 is 4.74 Å². The zero-order valence-electron chi connectivity index (χ0n) is 10.9. The Morgan fingerprint density at radius 3 is 2.79 bits per heavy atom. The molecule has 0 heterocycles. The average molecular weight is 263 g/mol. The van der Waals surface area contributed by atoms with Crippen LogP contribution in [0.15, 0.2) is 24.3 Å². The number of hydrogen-bond acceptors (Lipinski definition) is 4. The molecular formula is C14H17NO4. The average Bonchev–Trinajstić information content (AvgIpc) is 2.82. The van der Waals surface area contributed by atoms with Gasteiger partial charge in [0.2, 0.25) is 6.54 Å². The molecule has 2 unspecified atom stereocenters. The number of Topliss-reactive ketones (excluding diaryl/α,β-unsaturated/α-hetero) is 1. The van der Waals surface area contributed by atoms with Gasteiger partial charge in [-0.3, -0.25) is 14.9 Å². The predicted molar refractivity (Wildman–Crippen MR) is 69.9 cm³/mol. The van der Waals surface area contributed by atoms with E-state index in [2.05, 4.69) is 0 Å². The summed E-state index contributed by atoms with van der Waals surface area (Å²) in [6.07, 6.45) is 2.09. The van der Waals surface area contributed by atoms with Gasteiger partial charge in [-0.25, -0.2) is 0 Å². The van der Waals surface area contributed by atoms with Crippen LogP contribution in [-0.2, 0) is 4.79 Å². The number of rotatable bonds is 5. The smallest absolute Gasteiger partial charge is 0.211 e. The summed E-state index contributed by atoms with van der Waals surface area (Å²) in [5.41, 5.74) is 0.766. The van der Waals surface area contributed by atoms with E-state index >= 15 is 0 Å². The van der Waals surface area contributed by atoms with Crippen LogP contribution in [-0.4, -0.2) is 24.4 Å². The maximum Gasteiger partial charge on any atom is 0.211 e. The van der Waals surface area contributed by atoms with Gasteiger partial charge >= 0.3 is 0 Å². The lowest BCUT2D eigenvalue weighted by Gasteiger charge is -2.21. The van der Waals surface area contributed by atoms with E-state index in [0.717, 1.165) is 18.4 Å². The number of ether oxygens (including phenoxy) is 1. The second kappa shape index (κ2) is 5.82. The molecule has 1 fully saturated rings. The van der Waals surface area contributed by atoms with Crippen molar-refractivity contribution in [1.82, 2.24) is 0 Å². The highest BCUT2D eigenvalue weighted by Gasteiger charge is 2.37. The Morgan fingerprint density at radius 2 is 2.21 bits per heavy atom. The highest BCUT2D eigenvalue weighted by Crippen LogP contribution is 2.38. The standard InChI is InChI=1S/C14H17NO4/c1-19-14-8-3-2-5-11(14)12(9-15(17)18)10-6-4-7-13(10)16/h2-3,5,8,10,12H,4,6-7,9H2,1H3. The maximum atomic E-state index is 11.9. The molecule has 5 heteroatoms. The summed E-state index contributed by atoms with van der Waals surface area (Å²) in [6.45, 7) is -0.225. The minimum absolute atomic E-state index is 0.137. The van der Waals surface area contributed by atoms with E-state index in [-0.39, 0.29) is 29.1 Å². The van der Waals surface area contributed by atoms with Crippen LogP contribution in [0.3, 0.4) is 0 Å². The fourth-order valence-electron chi connectivity index (χ4n) is 2.84. The fraction of sp³-hybridized carbons (Fsp3) is 0.500. The molecule has 0 amide bonds. The second-order valence-corrected chi connectivity index (χ2v) is 4.83. The summed E-state index contributed by atoms with van der Waals surface area (Å²) < 4.78 is 5.27. The SMILES string of the molecule is COc1ccccc1C(C[N+](=O)[O-])C1CCCC1=O. The molecule has 1 aromatic rings. The van der Waals surface area contributed by atoms with Crippen molar-refractivity contribution in [3.63, 3.8) is 0 Å². The number of nitro groups is 1. The first-order valence-electron chi connectivity index (χ1n) is 6.41. The fourth-order valence-corrected chi connectivity index (χ4v) is 2.84. The summed E-state index contributed by atoms with van der Waals surface area (Å²) in [5.74, 6) is 0.120. The molecule has 0 aliphatic heterocycles. The van der Waals surface area contributed by atoms with Gasteiger partial charge in [0, 0.05) is 22.8 Å². The molecule has 0 radical (unpaired) electrons. The van der Waals surface area contributed by atoms with Gasteiger partial charge in [0.1, 0.15) is 11.5 Å². The summed E-state index contributed by atoms with van der Waals surface area (Å²) in [5, 5.41) is 10.9. The second-order valence-electron chi connectivity index (χ2n) is 4.83. The first kappa shape index (κ1) is 13.5. The van der Waals surface area contributed by atoms with Crippen LogP contribution in [0.25, 0.3) is 0 Å². The van der Waals surface area contributed by atoms with E-state index < -0.39 is 0 Å². The lowest BCUT2D eigenvalue weighted by Crippen LogP contribution is -2.24. The Balaban J connectivity index is 2.36. The van der Waals surface area contributed by atoms with Gasteiger partial charge in [-0.1, -0.05) is 18.2 Å². The van der Waals surface area contributed by atoms with E-state index in [0.29, 0.717) is 12.2 Å². The number of hydrogen-bond donors (Lipinski definition) is 0. The van der Waals surface area contributed by atoms with Crippen molar-refractivity contribution in [2.45, 2.75) is 25.2 Å². The van der Waals surface area contributed by atoms with Gasteiger partial charge in [-0.2, -0.15) is 0 Å². The number of ketones is 1. The third-order valence-electron chi connectivity index (χ3n) is 3.72. The highest BCUT2D eigenvalue weighted by molar-refractivity contribution is 5.84. The molecule has 1 saturated carbocycles. The van der Waals surface area contributed by atoms with Gasteiger partial charge in [-0.15, -0.1) is 0 Å². The molecule has 0 bridgehead atoms. The highest BCUT2D eigenvalue weighted by atomic mass is 16.6. The molecule has 102 valence electrons. The van der Waals surface area contributed by atoms with E-state index in [1.54, 1.807) is 13.2 Å².